The summed E-state index contributed by atoms with van der Waals surface area (Å²) in [7, 11) is 0. The average molecular weight is 256 g/mol. The molecule has 0 aromatic heterocycles. The Balaban J connectivity index is 2.76. The van der Waals surface area contributed by atoms with Crippen LogP contribution in [0.5, 0.6) is 0 Å². The predicted octanol–water partition coefficient (Wildman–Crippen LogP) is 2.87. The molecule has 0 fully saturated rings. The Labute approximate surface area is 103 Å². The van der Waals surface area contributed by atoms with Crippen molar-refractivity contribution in [3.63, 3.8) is 0 Å². The molecule has 0 N–H and O–H groups in total. The molecule has 0 atom stereocenters. The molecule has 1 heterocycles. The Morgan fingerprint density at radius 2 is 2.21 bits per heavy atom. The maximum atomic E-state index is 8.24. The van der Waals surface area contributed by atoms with Crippen LogP contribution in [0.15, 0.2) is 30.2 Å². The van der Waals surface area contributed by atoms with Gasteiger partial charge in [0.2, 0.25) is 0 Å². The molecule has 2 aromatic carbocycles. The van der Waals surface area contributed by atoms with Gasteiger partial charge < -0.3 is 0 Å². The van der Waals surface area contributed by atoms with E-state index in [2.05, 4.69) is 0 Å². The van der Waals surface area contributed by atoms with Crippen LogP contribution < -0.4 is 0 Å². The molecule has 0 radical (unpaired) electrons. The van der Waals surface area contributed by atoms with Crippen LogP contribution in [0.2, 0.25) is 0 Å². The molecule has 0 nitrogen and oxygen atoms in total. The van der Waals surface area contributed by atoms with Crippen molar-refractivity contribution in [2.24, 2.45) is 0 Å². The second-order valence-electron chi connectivity index (χ2n) is 3.06. The first-order chi connectivity index (χ1) is 10.4. The molecular weight excluding hydrogens is 235 g/mol. The molecule has 70 valence electrons. The number of hydrogen-bond donors (Lipinski definition) is 0. The SMILES string of the molecule is [2H]c1c([2H])c2c3c(c(C)c([2H])c([2H])c3c1[2H])C([2H])([2H])[Se]C2([2H])[2H]. The molecule has 0 unspecified atom stereocenters. The summed E-state index contributed by atoms with van der Waals surface area (Å²) in [5, 5.41) is -4.20. The van der Waals surface area contributed by atoms with Crippen molar-refractivity contribution < 1.29 is 12.3 Å². The summed E-state index contributed by atoms with van der Waals surface area (Å²) < 4.78 is 73.0. The van der Waals surface area contributed by atoms with Crippen LogP contribution in [-0.2, 0) is 10.5 Å². The third-order valence-electron chi connectivity index (χ3n) is 2.18. The van der Waals surface area contributed by atoms with Gasteiger partial charge in [-0.1, -0.05) is 0 Å². The third-order valence-corrected chi connectivity index (χ3v) is 3.47. The van der Waals surface area contributed by atoms with Gasteiger partial charge in [-0.2, -0.15) is 0 Å². The third kappa shape index (κ3) is 1.13. The van der Waals surface area contributed by atoms with Gasteiger partial charge in [-0.15, -0.1) is 0 Å². The summed E-state index contributed by atoms with van der Waals surface area (Å²) in [5.41, 5.74) is 0.221. The molecule has 0 bridgehead atoms. The molecule has 1 heteroatoms. The Morgan fingerprint density at radius 3 is 3.14 bits per heavy atom. The standard InChI is InChI=1S/C13H12Se/c1-9-5-6-10-3-2-4-11-7-14-8-12(9)13(10)11/h2-6H,7-8H2,1H3/i2D,3D,4D,5D,6D,7D2,8D2. The van der Waals surface area contributed by atoms with E-state index < -0.39 is 43.6 Å². The van der Waals surface area contributed by atoms with E-state index in [4.69, 9.17) is 12.3 Å². The van der Waals surface area contributed by atoms with E-state index in [-0.39, 0.29) is 39.5 Å². The second kappa shape index (κ2) is 3.12. The first-order valence-corrected chi connectivity index (χ1v) is 5.87. The fourth-order valence-electron chi connectivity index (χ4n) is 1.49. The molecular formula is C13H12Se. The van der Waals surface area contributed by atoms with Crippen molar-refractivity contribution in [2.75, 3.05) is 0 Å². The van der Waals surface area contributed by atoms with Gasteiger partial charge in [0.25, 0.3) is 0 Å². The van der Waals surface area contributed by atoms with E-state index in [1.54, 1.807) is 0 Å². The summed E-state index contributed by atoms with van der Waals surface area (Å²) in [6.45, 7) is 1.51. The zero-order chi connectivity index (χ0) is 17.5. The second-order valence-corrected chi connectivity index (χ2v) is 4.34. The van der Waals surface area contributed by atoms with Crippen molar-refractivity contribution in [3.05, 3.63) is 46.9 Å². The maximum absolute atomic E-state index is 8.24. The minimum atomic E-state index is -2.12. The van der Waals surface area contributed by atoms with Crippen molar-refractivity contribution >= 4 is 25.7 Å². The first-order valence-electron chi connectivity index (χ1n) is 8.66. The zero-order valence-electron chi connectivity index (χ0n) is 16.4. The van der Waals surface area contributed by atoms with E-state index in [0.29, 0.717) is 0 Å². The van der Waals surface area contributed by atoms with Crippen LogP contribution in [0, 0.1) is 6.92 Å². The van der Waals surface area contributed by atoms with Crippen molar-refractivity contribution in [3.8, 4) is 0 Å². The van der Waals surface area contributed by atoms with Crippen LogP contribution in [0.3, 0.4) is 0 Å². The van der Waals surface area contributed by atoms with Crippen molar-refractivity contribution in [1.82, 2.24) is 0 Å². The first kappa shape index (κ1) is 3.37. The van der Waals surface area contributed by atoms with E-state index in [1.807, 2.05) is 0 Å². The van der Waals surface area contributed by atoms with E-state index >= 15 is 0 Å². The van der Waals surface area contributed by atoms with Gasteiger partial charge in [0.15, 0.2) is 0 Å². The molecule has 1 aliphatic heterocycles. The van der Waals surface area contributed by atoms with E-state index in [0.717, 1.165) is 0 Å². The van der Waals surface area contributed by atoms with Gasteiger partial charge in [0.05, 0.1) is 0 Å². The summed E-state index contributed by atoms with van der Waals surface area (Å²) in [6, 6.07) is -1.87. The topological polar surface area (TPSA) is 0 Å². The van der Waals surface area contributed by atoms with Crippen LogP contribution in [-0.4, -0.2) is 15.0 Å². The molecule has 0 aliphatic carbocycles. The van der Waals surface area contributed by atoms with Crippen LogP contribution in [0.1, 0.15) is 29.0 Å². The Morgan fingerprint density at radius 1 is 1.29 bits per heavy atom. The molecule has 0 amide bonds. The van der Waals surface area contributed by atoms with Crippen molar-refractivity contribution in [1.29, 1.82) is 0 Å². The molecule has 3 rings (SSSR count). The van der Waals surface area contributed by atoms with Gasteiger partial charge in [0, 0.05) is 0 Å². The normalized spacial score (nSPS) is 31.1. The fourth-order valence-corrected chi connectivity index (χ4v) is 2.88. The van der Waals surface area contributed by atoms with Gasteiger partial charge >= 0.3 is 102 Å². The number of benzene rings is 2. The average Bonchev–Trinajstić information content (AvgIpc) is 2.39. The van der Waals surface area contributed by atoms with Gasteiger partial charge in [-0.3, -0.25) is 0 Å². The number of rotatable bonds is 0. The van der Waals surface area contributed by atoms with Crippen LogP contribution in [0.4, 0.5) is 0 Å². The molecule has 2 aromatic rings. The molecule has 0 saturated carbocycles. The zero-order valence-corrected chi connectivity index (χ0v) is 9.12. The molecule has 0 spiro atoms. The summed E-state index contributed by atoms with van der Waals surface area (Å²) in [6.07, 6.45) is 0. The van der Waals surface area contributed by atoms with Gasteiger partial charge in [-0.25, -0.2) is 0 Å². The van der Waals surface area contributed by atoms with Gasteiger partial charge in [0.1, 0.15) is 0 Å². The summed E-state index contributed by atoms with van der Waals surface area (Å²) in [5.74, 6) is 0. The van der Waals surface area contributed by atoms with Crippen molar-refractivity contribution in [2.45, 2.75) is 17.5 Å². The fraction of sp³-hybridized carbons (Fsp3) is 0.231. The van der Waals surface area contributed by atoms with Crippen LogP contribution in [0.25, 0.3) is 10.8 Å². The molecule has 14 heavy (non-hydrogen) atoms. The van der Waals surface area contributed by atoms with Crippen LogP contribution >= 0.6 is 0 Å². The number of hydrogen-bond acceptors (Lipinski definition) is 0. The van der Waals surface area contributed by atoms with E-state index in [9.17, 15) is 0 Å². The minimum absolute atomic E-state index is 0.0395. The quantitative estimate of drug-likeness (QED) is 0.636. The Bertz CT molecular complexity index is 806. The summed E-state index contributed by atoms with van der Waals surface area (Å²) >= 11 is -1.20. The van der Waals surface area contributed by atoms with E-state index in [1.165, 1.54) is 6.92 Å². The summed E-state index contributed by atoms with van der Waals surface area (Å²) in [4.78, 5) is 0. The monoisotopic (exact) mass is 257 g/mol. The van der Waals surface area contributed by atoms with Gasteiger partial charge in [-0.05, 0) is 0 Å². The predicted molar refractivity (Wildman–Crippen MR) is 61.8 cm³/mol. The molecule has 1 aliphatic rings. The molecule has 0 saturated heterocycles. The Hall–Kier alpha value is -0.781. The Kier molecular flexibility index (Phi) is 0.749.